The summed E-state index contributed by atoms with van der Waals surface area (Å²) in [5, 5.41) is 10.5. The molecule has 2 heterocycles. The van der Waals surface area contributed by atoms with E-state index in [0.717, 1.165) is 28.6 Å². The Labute approximate surface area is 206 Å². The minimum absolute atomic E-state index is 0.0130. The summed E-state index contributed by atoms with van der Waals surface area (Å²) >= 11 is 0.852. The zero-order chi connectivity index (χ0) is 25.1. The number of benzene rings is 2. The molecule has 2 amide bonds. The third kappa shape index (κ3) is 5.46. The molecule has 4 rings (SSSR count). The molecule has 0 saturated carbocycles. The smallest absolute Gasteiger partial charge is 0.293 e. The van der Waals surface area contributed by atoms with E-state index in [-0.39, 0.29) is 34.9 Å². The zero-order valence-corrected chi connectivity index (χ0v) is 20.3. The van der Waals surface area contributed by atoms with E-state index in [1.165, 1.54) is 23.1 Å². The second-order valence-corrected chi connectivity index (χ2v) is 9.38. The van der Waals surface area contributed by atoms with Crippen molar-refractivity contribution < 1.29 is 23.7 Å². The lowest BCUT2D eigenvalue weighted by Crippen LogP contribution is -2.32. The van der Waals surface area contributed by atoms with E-state index < -0.39 is 10.8 Å². The Morgan fingerprint density at radius 1 is 1.11 bits per heavy atom. The number of carbonyl (C=O) groups is 2. The van der Waals surface area contributed by atoms with Gasteiger partial charge in [-0.3, -0.25) is 24.6 Å². The Morgan fingerprint density at radius 2 is 1.86 bits per heavy atom. The van der Waals surface area contributed by atoms with Gasteiger partial charge in [-0.15, -0.1) is 0 Å². The number of thioether (sulfide) groups is 1. The summed E-state index contributed by atoms with van der Waals surface area (Å²) in [5.41, 5.74) is 2.80. The van der Waals surface area contributed by atoms with E-state index in [2.05, 4.69) is 13.8 Å². The van der Waals surface area contributed by atoms with Crippen LogP contribution in [-0.4, -0.2) is 34.1 Å². The van der Waals surface area contributed by atoms with E-state index in [0.29, 0.717) is 17.1 Å². The second kappa shape index (κ2) is 10.2. The number of nitro groups is 1. The van der Waals surface area contributed by atoms with Crippen LogP contribution in [0.15, 0.2) is 63.9 Å². The molecule has 2 aromatic carbocycles. The Bertz CT molecular complexity index is 1310. The number of ether oxygens (including phenoxy) is 1. The molecule has 35 heavy (non-hydrogen) atoms. The van der Waals surface area contributed by atoms with Crippen molar-refractivity contribution in [3.05, 3.63) is 86.5 Å². The maximum atomic E-state index is 12.8. The molecule has 9 heteroatoms. The fourth-order valence-corrected chi connectivity index (χ4v) is 4.49. The van der Waals surface area contributed by atoms with E-state index in [9.17, 15) is 19.7 Å². The van der Waals surface area contributed by atoms with Crippen LogP contribution in [0.1, 0.15) is 36.7 Å². The first-order valence-electron chi connectivity index (χ1n) is 11.1. The Kier molecular flexibility index (Phi) is 7.07. The summed E-state index contributed by atoms with van der Waals surface area (Å²) in [6.07, 6.45) is 1.53. The number of non-ortho nitro benzene ring substituents is 1. The minimum Gasteiger partial charge on any atom is -0.491 e. The molecule has 8 nitrogen and oxygen atoms in total. The van der Waals surface area contributed by atoms with Crippen LogP contribution in [0, 0.1) is 17.0 Å². The molecule has 180 valence electrons. The average molecular weight is 493 g/mol. The lowest BCUT2D eigenvalue weighted by atomic mass is 10.0. The molecule has 0 atom stereocenters. The molecule has 0 radical (unpaired) electrons. The van der Waals surface area contributed by atoms with Crippen LogP contribution in [-0.2, 0) is 4.79 Å². The molecule has 1 saturated heterocycles. The predicted octanol–water partition coefficient (Wildman–Crippen LogP) is 6.40. The topological polar surface area (TPSA) is 103 Å². The van der Waals surface area contributed by atoms with E-state index >= 15 is 0 Å². The van der Waals surface area contributed by atoms with Gasteiger partial charge in [0.1, 0.15) is 23.9 Å². The Balaban J connectivity index is 1.41. The Morgan fingerprint density at radius 3 is 2.54 bits per heavy atom. The molecule has 1 aromatic heterocycles. The van der Waals surface area contributed by atoms with Crippen molar-refractivity contribution in [3.8, 4) is 17.1 Å². The van der Waals surface area contributed by atoms with Crippen molar-refractivity contribution in [1.29, 1.82) is 0 Å². The molecular weight excluding hydrogens is 468 g/mol. The molecule has 0 aliphatic carbocycles. The van der Waals surface area contributed by atoms with Gasteiger partial charge in [0, 0.05) is 23.8 Å². The molecule has 1 aliphatic heterocycles. The molecule has 0 spiro atoms. The average Bonchev–Trinajstić information content (AvgIpc) is 3.39. The normalized spacial score (nSPS) is 14.9. The molecule has 1 fully saturated rings. The van der Waals surface area contributed by atoms with Crippen molar-refractivity contribution in [2.45, 2.75) is 26.7 Å². The Hall–Kier alpha value is -3.85. The summed E-state index contributed by atoms with van der Waals surface area (Å²) in [4.78, 5) is 37.1. The fourth-order valence-electron chi connectivity index (χ4n) is 3.65. The van der Waals surface area contributed by atoms with Gasteiger partial charge >= 0.3 is 0 Å². The monoisotopic (exact) mass is 492 g/mol. The van der Waals surface area contributed by atoms with Crippen LogP contribution in [0.5, 0.6) is 5.75 Å². The second-order valence-electron chi connectivity index (χ2n) is 8.38. The highest BCUT2D eigenvalue weighted by atomic mass is 32.2. The number of amides is 2. The summed E-state index contributed by atoms with van der Waals surface area (Å²) < 4.78 is 11.7. The van der Waals surface area contributed by atoms with Gasteiger partial charge in [0.2, 0.25) is 0 Å². The number of hydrogen-bond acceptors (Lipinski definition) is 7. The van der Waals surface area contributed by atoms with Crippen molar-refractivity contribution in [1.82, 2.24) is 4.90 Å². The fraction of sp³-hybridized carbons (Fsp3) is 0.231. The standard InChI is InChI=1S/C26H24N2O6S/c1-16(2)21-10-4-17(3)14-23(21)33-13-12-27-25(29)24(35-26(27)30)15-20-9-11-22(34-20)18-5-7-19(8-6-18)28(31)32/h4-11,14-16H,12-13H2,1-3H3/b24-15-. The van der Waals surface area contributed by atoms with Crippen LogP contribution in [0.4, 0.5) is 10.5 Å². The van der Waals surface area contributed by atoms with Crippen LogP contribution in [0.3, 0.4) is 0 Å². The van der Waals surface area contributed by atoms with Crippen LogP contribution in [0.25, 0.3) is 17.4 Å². The number of nitrogens with zero attached hydrogens (tertiary/aromatic N) is 2. The molecule has 1 aliphatic rings. The van der Waals surface area contributed by atoms with Crippen LogP contribution >= 0.6 is 11.8 Å². The van der Waals surface area contributed by atoms with Crippen LogP contribution < -0.4 is 4.74 Å². The lowest BCUT2D eigenvalue weighted by molar-refractivity contribution is -0.384. The largest absolute Gasteiger partial charge is 0.491 e. The number of nitro benzene ring substituents is 1. The number of hydrogen-bond donors (Lipinski definition) is 0. The lowest BCUT2D eigenvalue weighted by Gasteiger charge is -2.17. The summed E-state index contributed by atoms with van der Waals surface area (Å²) in [6, 6.07) is 15.4. The zero-order valence-electron chi connectivity index (χ0n) is 19.5. The minimum atomic E-state index is -0.470. The maximum Gasteiger partial charge on any atom is 0.293 e. The van der Waals surface area contributed by atoms with Gasteiger partial charge in [-0.2, -0.15) is 0 Å². The maximum absolute atomic E-state index is 12.8. The van der Waals surface area contributed by atoms with E-state index in [4.69, 9.17) is 9.15 Å². The number of rotatable bonds is 8. The highest BCUT2D eigenvalue weighted by Gasteiger charge is 2.35. The van der Waals surface area contributed by atoms with E-state index in [1.54, 1.807) is 24.3 Å². The first-order valence-corrected chi connectivity index (χ1v) is 11.9. The summed E-state index contributed by atoms with van der Waals surface area (Å²) in [6.45, 7) is 6.49. The first-order chi connectivity index (χ1) is 16.7. The number of furan rings is 1. The summed E-state index contributed by atoms with van der Waals surface area (Å²) in [7, 11) is 0. The van der Waals surface area contributed by atoms with Gasteiger partial charge in [-0.25, -0.2) is 0 Å². The van der Waals surface area contributed by atoms with Gasteiger partial charge in [0.15, 0.2) is 0 Å². The SMILES string of the molecule is Cc1ccc(C(C)C)c(OCCN2C(=O)S/C(=C\c3ccc(-c4ccc([N+](=O)[O-])cc4)o3)C2=O)c1. The highest BCUT2D eigenvalue weighted by molar-refractivity contribution is 8.18. The number of aryl methyl sites for hydroxylation is 1. The third-order valence-corrected chi connectivity index (χ3v) is 6.41. The van der Waals surface area contributed by atoms with Crippen molar-refractivity contribution in [2.24, 2.45) is 0 Å². The van der Waals surface area contributed by atoms with Gasteiger partial charge in [0.05, 0.1) is 16.4 Å². The molecular formula is C26H24N2O6S. The van der Waals surface area contributed by atoms with Gasteiger partial charge in [0.25, 0.3) is 16.8 Å². The number of carbonyl (C=O) groups excluding carboxylic acids is 2. The highest BCUT2D eigenvalue weighted by Crippen LogP contribution is 2.34. The van der Waals surface area contributed by atoms with E-state index in [1.807, 2.05) is 25.1 Å². The molecule has 0 unspecified atom stereocenters. The quantitative estimate of drug-likeness (QED) is 0.204. The molecule has 0 bridgehead atoms. The van der Waals surface area contributed by atoms with Gasteiger partial charge in [-0.1, -0.05) is 26.0 Å². The third-order valence-electron chi connectivity index (χ3n) is 5.50. The van der Waals surface area contributed by atoms with Crippen molar-refractivity contribution in [3.63, 3.8) is 0 Å². The van der Waals surface area contributed by atoms with Crippen molar-refractivity contribution in [2.75, 3.05) is 13.2 Å². The molecule has 3 aromatic rings. The van der Waals surface area contributed by atoms with Gasteiger partial charge in [-0.05, 0) is 66.1 Å². The van der Waals surface area contributed by atoms with Gasteiger partial charge < -0.3 is 9.15 Å². The first kappa shape index (κ1) is 24.3. The summed E-state index contributed by atoms with van der Waals surface area (Å²) in [5.74, 6) is 1.55. The predicted molar refractivity (Wildman–Crippen MR) is 134 cm³/mol. The van der Waals surface area contributed by atoms with Crippen molar-refractivity contribution >= 4 is 34.7 Å². The van der Waals surface area contributed by atoms with Crippen LogP contribution in [0.2, 0.25) is 0 Å². The molecule has 0 N–H and O–H groups in total. The number of imide groups is 1.